The van der Waals surface area contributed by atoms with Gasteiger partial charge in [0, 0.05) is 17.8 Å². The molecule has 0 radical (unpaired) electrons. The molecule has 4 nitrogen and oxygen atoms in total. The van der Waals surface area contributed by atoms with Gasteiger partial charge in [-0.3, -0.25) is 0 Å². The summed E-state index contributed by atoms with van der Waals surface area (Å²) < 4.78 is 0. The van der Waals surface area contributed by atoms with Crippen molar-refractivity contribution in [1.29, 1.82) is 0 Å². The molecule has 0 aliphatic rings. The Balaban J connectivity index is 1.60. The summed E-state index contributed by atoms with van der Waals surface area (Å²) in [4.78, 5) is 4.66. The Kier molecular flexibility index (Phi) is 4.09. The third-order valence-corrected chi connectivity index (χ3v) is 4.07. The van der Waals surface area contributed by atoms with Crippen molar-refractivity contribution in [1.82, 2.24) is 15.2 Å². The lowest BCUT2D eigenvalue weighted by atomic mass is 10.1. The Morgan fingerprint density at radius 3 is 2.52 bits per heavy atom. The van der Waals surface area contributed by atoms with Crippen LogP contribution in [0, 0.1) is 6.92 Å². The third-order valence-electron chi connectivity index (χ3n) is 4.07. The topological polar surface area (TPSA) is 50.7 Å². The molecule has 0 fully saturated rings. The number of anilines is 1. The average molecular weight is 326 g/mol. The van der Waals surface area contributed by atoms with Crippen LogP contribution in [0.1, 0.15) is 11.1 Å². The van der Waals surface area contributed by atoms with Crippen molar-refractivity contribution in [3.8, 4) is 11.4 Å². The van der Waals surface area contributed by atoms with Crippen LogP contribution in [-0.4, -0.2) is 15.2 Å². The molecule has 1 N–H and O–H groups in total. The van der Waals surface area contributed by atoms with Gasteiger partial charge in [0.1, 0.15) is 5.52 Å². The molecule has 0 saturated carbocycles. The van der Waals surface area contributed by atoms with Crippen LogP contribution in [0.4, 0.5) is 5.69 Å². The van der Waals surface area contributed by atoms with Gasteiger partial charge in [-0.05, 0) is 30.7 Å². The molecule has 3 aromatic carbocycles. The van der Waals surface area contributed by atoms with E-state index < -0.39 is 0 Å². The number of rotatable bonds is 4. The van der Waals surface area contributed by atoms with Crippen LogP contribution in [0.25, 0.3) is 22.4 Å². The van der Waals surface area contributed by atoms with Crippen molar-refractivity contribution in [2.24, 2.45) is 0 Å². The molecule has 122 valence electrons. The molecule has 0 aliphatic heterocycles. The zero-order valence-corrected chi connectivity index (χ0v) is 14.0. The van der Waals surface area contributed by atoms with E-state index in [2.05, 4.69) is 51.7 Å². The number of fused-ring (bicyclic) bond motifs is 1. The van der Waals surface area contributed by atoms with E-state index >= 15 is 0 Å². The van der Waals surface area contributed by atoms with Gasteiger partial charge in [-0.15, -0.1) is 10.2 Å². The van der Waals surface area contributed by atoms with Gasteiger partial charge in [0.2, 0.25) is 0 Å². The Morgan fingerprint density at radius 2 is 1.68 bits per heavy atom. The molecule has 0 aliphatic carbocycles. The molecule has 25 heavy (non-hydrogen) atoms. The molecule has 4 rings (SSSR count). The zero-order valence-electron chi connectivity index (χ0n) is 14.0. The lowest BCUT2D eigenvalue weighted by Crippen LogP contribution is -2.00. The van der Waals surface area contributed by atoms with Crippen molar-refractivity contribution >= 4 is 16.7 Å². The van der Waals surface area contributed by atoms with Crippen molar-refractivity contribution in [3.05, 3.63) is 83.9 Å². The summed E-state index contributed by atoms with van der Waals surface area (Å²) >= 11 is 0. The number of nitrogens with zero attached hydrogens (tertiary/aromatic N) is 3. The normalized spacial score (nSPS) is 10.8. The van der Waals surface area contributed by atoms with Crippen LogP contribution in [0.15, 0.2) is 72.8 Å². The fourth-order valence-electron chi connectivity index (χ4n) is 2.78. The molecular weight excluding hydrogens is 308 g/mol. The Bertz CT molecular complexity index is 1010. The van der Waals surface area contributed by atoms with Crippen molar-refractivity contribution in [2.75, 3.05) is 5.32 Å². The molecule has 0 amide bonds. The second-order valence-electron chi connectivity index (χ2n) is 6.05. The highest BCUT2D eigenvalue weighted by molar-refractivity contribution is 5.79. The smallest absolute Gasteiger partial charge is 0.182 e. The summed E-state index contributed by atoms with van der Waals surface area (Å²) in [7, 11) is 0. The van der Waals surface area contributed by atoms with Crippen molar-refractivity contribution in [3.63, 3.8) is 0 Å². The maximum atomic E-state index is 4.66. The summed E-state index contributed by atoms with van der Waals surface area (Å²) in [6, 6.07) is 24.4. The quantitative estimate of drug-likeness (QED) is 0.595. The average Bonchev–Trinajstić information content (AvgIpc) is 2.66. The van der Waals surface area contributed by atoms with Gasteiger partial charge in [-0.1, -0.05) is 60.2 Å². The van der Waals surface area contributed by atoms with Gasteiger partial charge in [0.15, 0.2) is 5.82 Å². The van der Waals surface area contributed by atoms with Crippen LogP contribution in [0.3, 0.4) is 0 Å². The highest BCUT2D eigenvalue weighted by Gasteiger charge is 2.05. The molecule has 0 atom stereocenters. The fourth-order valence-corrected chi connectivity index (χ4v) is 2.78. The minimum atomic E-state index is 0.643. The first-order valence-corrected chi connectivity index (χ1v) is 8.27. The van der Waals surface area contributed by atoms with Crippen LogP contribution < -0.4 is 5.32 Å². The standard InChI is InChI=1S/C21H18N4/c1-15-6-5-7-16(12-15)14-22-18-10-11-19-20(13-18)23-21(25-24-19)17-8-3-2-4-9-17/h2-13,22H,14H2,1H3. The number of hydrogen-bond acceptors (Lipinski definition) is 4. The summed E-state index contributed by atoms with van der Waals surface area (Å²) in [5.41, 5.74) is 6.14. The van der Waals surface area contributed by atoms with Crippen LogP contribution in [-0.2, 0) is 6.54 Å². The summed E-state index contributed by atoms with van der Waals surface area (Å²) in [6.45, 7) is 2.88. The van der Waals surface area contributed by atoms with Crippen molar-refractivity contribution < 1.29 is 0 Å². The largest absolute Gasteiger partial charge is 0.381 e. The molecule has 0 saturated heterocycles. The first kappa shape index (κ1) is 15.3. The fraction of sp³-hybridized carbons (Fsp3) is 0.0952. The van der Waals surface area contributed by atoms with E-state index in [1.165, 1.54) is 11.1 Å². The number of aryl methyl sites for hydroxylation is 1. The SMILES string of the molecule is Cc1cccc(CNc2ccc3nnc(-c4ccccc4)nc3c2)c1. The summed E-state index contributed by atoms with van der Waals surface area (Å²) in [5, 5.41) is 12.0. The molecule has 4 aromatic rings. The van der Waals surface area contributed by atoms with E-state index in [1.54, 1.807) is 0 Å². The van der Waals surface area contributed by atoms with Crippen LogP contribution >= 0.6 is 0 Å². The third kappa shape index (κ3) is 3.48. The van der Waals surface area contributed by atoms with E-state index in [-0.39, 0.29) is 0 Å². The Hall–Kier alpha value is -3.27. The number of benzene rings is 3. The van der Waals surface area contributed by atoms with Crippen molar-refractivity contribution in [2.45, 2.75) is 13.5 Å². The van der Waals surface area contributed by atoms with Crippen LogP contribution in [0.5, 0.6) is 0 Å². The second-order valence-corrected chi connectivity index (χ2v) is 6.05. The van der Waals surface area contributed by atoms with E-state index in [4.69, 9.17) is 0 Å². The van der Waals surface area contributed by atoms with Crippen LogP contribution in [0.2, 0.25) is 0 Å². The van der Waals surface area contributed by atoms with E-state index in [0.29, 0.717) is 5.82 Å². The maximum absolute atomic E-state index is 4.66. The Morgan fingerprint density at radius 1 is 0.800 bits per heavy atom. The maximum Gasteiger partial charge on any atom is 0.182 e. The highest BCUT2D eigenvalue weighted by atomic mass is 15.1. The molecule has 1 aromatic heterocycles. The minimum absolute atomic E-state index is 0.643. The van der Waals surface area contributed by atoms with Gasteiger partial charge < -0.3 is 5.32 Å². The molecular formula is C21H18N4. The van der Waals surface area contributed by atoms with Gasteiger partial charge in [-0.25, -0.2) is 4.98 Å². The van der Waals surface area contributed by atoms with E-state index in [9.17, 15) is 0 Å². The van der Waals surface area contributed by atoms with Gasteiger partial charge >= 0.3 is 0 Å². The summed E-state index contributed by atoms with van der Waals surface area (Å²) in [5.74, 6) is 0.643. The predicted octanol–water partition coefficient (Wildman–Crippen LogP) is 4.61. The van der Waals surface area contributed by atoms with Gasteiger partial charge in [0.25, 0.3) is 0 Å². The highest BCUT2D eigenvalue weighted by Crippen LogP contribution is 2.20. The summed E-state index contributed by atoms with van der Waals surface area (Å²) in [6.07, 6.45) is 0. The number of nitrogens with one attached hydrogen (secondary N) is 1. The zero-order chi connectivity index (χ0) is 17.1. The molecule has 0 unspecified atom stereocenters. The molecule has 4 heteroatoms. The molecule has 0 bridgehead atoms. The minimum Gasteiger partial charge on any atom is -0.381 e. The molecule has 1 heterocycles. The lowest BCUT2D eigenvalue weighted by Gasteiger charge is -2.08. The molecule has 0 spiro atoms. The first-order valence-electron chi connectivity index (χ1n) is 8.27. The van der Waals surface area contributed by atoms with Gasteiger partial charge in [-0.2, -0.15) is 0 Å². The monoisotopic (exact) mass is 326 g/mol. The Labute approximate surface area is 146 Å². The number of hydrogen-bond donors (Lipinski definition) is 1. The predicted molar refractivity (Wildman–Crippen MR) is 101 cm³/mol. The van der Waals surface area contributed by atoms with E-state index in [1.807, 2.05) is 48.5 Å². The first-order chi connectivity index (χ1) is 12.3. The number of aromatic nitrogens is 3. The van der Waals surface area contributed by atoms with Gasteiger partial charge in [0.05, 0.1) is 5.52 Å². The lowest BCUT2D eigenvalue weighted by molar-refractivity contribution is 1.03. The van der Waals surface area contributed by atoms with E-state index in [0.717, 1.165) is 28.8 Å². The second kappa shape index (κ2) is 6.69.